The van der Waals surface area contributed by atoms with Crippen molar-refractivity contribution in [2.75, 3.05) is 33.7 Å². The van der Waals surface area contributed by atoms with Crippen molar-refractivity contribution in [2.45, 2.75) is 57.7 Å². The predicted octanol–water partition coefficient (Wildman–Crippen LogP) is -0.304. The van der Waals surface area contributed by atoms with E-state index >= 15 is 0 Å². The summed E-state index contributed by atoms with van der Waals surface area (Å²) in [7, 11) is 4.01. The number of unbranched alkanes of at least 4 members (excludes halogenated alkanes) is 1. The maximum atomic E-state index is 12.5. The van der Waals surface area contributed by atoms with E-state index in [2.05, 4.69) is 34.3 Å². The maximum absolute atomic E-state index is 12.5. The minimum Gasteiger partial charge on any atom is -0.355 e. The van der Waals surface area contributed by atoms with Crippen molar-refractivity contribution in [1.29, 1.82) is 0 Å². The van der Waals surface area contributed by atoms with Crippen molar-refractivity contribution in [3.8, 4) is 0 Å². The van der Waals surface area contributed by atoms with Crippen LogP contribution in [0.2, 0.25) is 0 Å². The highest BCUT2D eigenvalue weighted by Crippen LogP contribution is 2.18. The molecule has 0 aromatic heterocycles. The van der Waals surface area contributed by atoms with Gasteiger partial charge in [0.2, 0.25) is 5.91 Å². The molecule has 0 saturated carbocycles. The Morgan fingerprint density at radius 1 is 1.04 bits per heavy atom. The SMILES string of the molecule is CC1CN([13CH3])C(C(=O)[15NH][13CH2][13CH2][13CH2][13CH2][15NH][13C](=O)ON2C(=O)CCC2=O)C(C)[15N]1[13CH3]. The molecule has 2 rings (SSSR count). The quantitative estimate of drug-likeness (QED) is 0.258. The van der Waals surface area contributed by atoms with Gasteiger partial charge in [0.1, 0.15) is 6.04 Å². The number of carbonyl (C=O) groups is 4. The third-order valence-corrected chi connectivity index (χ3v) is 5.44. The van der Waals surface area contributed by atoms with Crippen molar-refractivity contribution >= 4 is 23.8 Å². The minimum atomic E-state index is -0.831. The topological polar surface area (TPSA) is 111 Å². The molecule has 10 nitrogen and oxygen atoms in total. The number of hydroxylamine groups is 2. The van der Waals surface area contributed by atoms with Gasteiger partial charge in [0.15, 0.2) is 0 Å². The molecule has 10 heteroatoms. The van der Waals surface area contributed by atoms with E-state index in [1.165, 1.54) is 0 Å². The average molecular weight is 407 g/mol. The molecule has 2 saturated heterocycles. The van der Waals surface area contributed by atoms with Crippen LogP contribution in [0.1, 0.15) is 39.5 Å². The average Bonchev–Trinajstić information content (AvgIpc) is 2.94. The van der Waals surface area contributed by atoms with Crippen LogP contribution < -0.4 is 10.6 Å². The fraction of sp³-hybridized carbons (Fsp3) is 0.778. The summed E-state index contributed by atoms with van der Waals surface area (Å²) in [6.45, 7) is 5.88. The second-order valence-electron chi connectivity index (χ2n) is 7.53. The largest absolute Gasteiger partial charge is 0.432 e. The number of imide groups is 1. The first kappa shape index (κ1) is 22.1. The lowest BCUT2D eigenvalue weighted by Crippen LogP contribution is -2.64. The lowest BCUT2D eigenvalue weighted by Gasteiger charge is -2.46. The molecule has 3 unspecified atom stereocenters. The van der Waals surface area contributed by atoms with E-state index in [1.54, 1.807) is 0 Å². The lowest BCUT2D eigenvalue weighted by atomic mass is 10.1. The van der Waals surface area contributed by atoms with Crippen LogP contribution in [-0.2, 0) is 19.2 Å². The smallest absolute Gasteiger partial charge is 0.355 e. The van der Waals surface area contributed by atoms with E-state index in [9.17, 15) is 19.2 Å². The van der Waals surface area contributed by atoms with Crippen molar-refractivity contribution in [2.24, 2.45) is 0 Å². The van der Waals surface area contributed by atoms with Gasteiger partial charge in [-0.05, 0) is 40.8 Å². The number of hydrogen-bond acceptors (Lipinski definition) is 7. The molecule has 0 aromatic rings. The number of amides is 4. The van der Waals surface area contributed by atoms with Gasteiger partial charge in [-0.2, -0.15) is 0 Å². The molecule has 0 aromatic carbocycles. The van der Waals surface area contributed by atoms with Crippen molar-refractivity contribution in [3.63, 3.8) is 0 Å². The molecule has 2 fully saturated rings. The summed E-state index contributed by atoms with van der Waals surface area (Å²) >= 11 is 0. The monoisotopic (exact) mass is 407 g/mol. The van der Waals surface area contributed by atoms with E-state index in [1.807, 2.05) is 14.1 Å². The Morgan fingerprint density at radius 2 is 1.61 bits per heavy atom. The highest BCUT2D eigenvalue weighted by Gasteiger charge is 2.38. The van der Waals surface area contributed by atoms with Gasteiger partial charge in [-0.3, -0.25) is 24.2 Å². The zero-order valence-corrected chi connectivity index (χ0v) is 17.1. The molecule has 0 spiro atoms. The number of hydrogen-bond donors (Lipinski definition) is 2. The van der Waals surface area contributed by atoms with Gasteiger partial charge < -0.3 is 15.5 Å². The van der Waals surface area contributed by atoms with Crippen molar-refractivity contribution in [1.82, 2.24) is 25.5 Å². The molecule has 2 aliphatic rings. The summed E-state index contributed by atoms with van der Waals surface area (Å²) in [6.07, 6.45) is 0.613. The lowest BCUT2D eigenvalue weighted by molar-refractivity contribution is -0.171. The van der Waals surface area contributed by atoms with Gasteiger partial charge in [-0.1, -0.05) is 0 Å². The zero-order valence-electron chi connectivity index (χ0n) is 17.1. The molecule has 0 aliphatic carbocycles. The van der Waals surface area contributed by atoms with Crippen LogP contribution in [0.15, 0.2) is 0 Å². The Morgan fingerprint density at radius 3 is 2.21 bits per heavy atom. The molecular formula is C18H31N5O5. The second kappa shape index (κ2) is 9.83. The summed E-state index contributed by atoms with van der Waals surface area (Å²) in [4.78, 5) is 55.9. The first-order valence-corrected chi connectivity index (χ1v) is 9.73. The summed E-state index contributed by atoms with van der Waals surface area (Å²) < 4.78 is 0. The summed E-state index contributed by atoms with van der Waals surface area (Å²) in [5, 5.41) is 5.96. The first-order chi connectivity index (χ1) is 13.2. The Bertz CT molecular complexity index is 597. The fourth-order valence-electron chi connectivity index (χ4n) is 3.60. The number of piperazine rings is 1. The van der Waals surface area contributed by atoms with Gasteiger partial charge in [0, 0.05) is 44.6 Å². The van der Waals surface area contributed by atoms with Crippen LogP contribution in [0.4, 0.5) is 4.79 Å². The molecule has 2 aliphatic heterocycles. The first-order valence-electron chi connectivity index (χ1n) is 9.73. The van der Waals surface area contributed by atoms with Crippen molar-refractivity contribution < 1.29 is 24.0 Å². The highest BCUT2D eigenvalue weighted by molar-refractivity contribution is 6.01. The third kappa shape index (κ3) is 5.41. The molecule has 4 amide bonds. The number of rotatable bonds is 7. The van der Waals surface area contributed by atoms with Crippen LogP contribution in [0.25, 0.3) is 0 Å². The number of nitrogens with one attached hydrogen (secondary N) is 2. The Labute approximate surface area is 165 Å². The molecule has 2 N–H and O–H groups in total. The Hall–Kier alpha value is -2.20. The van der Waals surface area contributed by atoms with Crippen LogP contribution in [0.3, 0.4) is 0 Å². The predicted molar refractivity (Wildman–Crippen MR) is 101 cm³/mol. The molecule has 2 heterocycles. The molecular weight excluding hydrogens is 376 g/mol. The van der Waals surface area contributed by atoms with E-state index in [0.29, 0.717) is 37.0 Å². The second-order valence-corrected chi connectivity index (χ2v) is 7.53. The highest BCUT2D eigenvalue weighted by atomic mass is 16.8. The summed E-state index contributed by atoms with van der Waals surface area (Å²) in [5.41, 5.74) is 0. The number of nitrogens with zero attached hydrogens (tertiary/aromatic N) is 3. The Balaban J connectivity index is 1.61. The van der Waals surface area contributed by atoms with Crippen LogP contribution in [0, 0.1) is 0 Å². The van der Waals surface area contributed by atoms with Gasteiger partial charge in [-0.15, -0.1) is 5.06 Å². The van der Waals surface area contributed by atoms with Crippen LogP contribution >= 0.6 is 0 Å². The molecule has 28 heavy (non-hydrogen) atoms. The Kier molecular flexibility index (Phi) is 7.76. The normalized spacial score (nSPS) is 26.4. The van der Waals surface area contributed by atoms with Crippen molar-refractivity contribution in [3.05, 3.63) is 0 Å². The zero-order chi connectivity index (χ0) is 20.8. The summed E-state index contributed by atoms with van der Waals surface area (Å²) in [6, 6.07) is 0.340. The van der Waals surface area contributed by atoms with E-state index in [0.717, 1.165) is 6.54 Å². The van der Waals surface area contributed by atoms with Gasteiger partial charge in [0.25, 0.3) is 11.8 Å². The standard InChI is InChI=1S/C18H31N5O5/c1-12-11-21(3)16(13(2)22(12)4)17(26)19-9-5-6-10-20-18(27)28-23-14(24)7-8-15(23)25/h12-13,16H,5-11H2,1-4H3,(H,19,26)(H,20,27)/i3+1,4+1,5+1,6+1,9+1,10+1,18+1,19+1,20+1,22+1. The number of carbonyl (C=O) groups excluding carboxylic acids is 4. The van der Waals surface area contributed by atoms with E-state index < -0.39 is 17.9 Å². The maximum Gasteiger partial charge on any atom is 0.432 e. The van der Waals surface area contributed by atoms with Gasteiger partial charge in [-0.25, -0.2) is 4.79 Å². The van der Waals surface area contributed by atoms with Gasteiger partial charge in [0.05, 0.1) is 0 Å². The molecule has 158 valence electrons. The third-order valence-electron chi connectivity index (χ3n) is 5.44. The van der Waals surface area contributed by atoms with Crippen LogP contribution in [0.5, 0.6) is 0 Å². The molecule has 3 atom stereocenters. The van der Waals surface area contributed by atoms with E-state index in [4.69, 9.17) is 4.84 Å². The van der Waals surface area contributed by atoms with Gasteiger partial charge >= 0.3 is 6.09 Å². The minimum absolute atomic E-state index is 0.00665. The fourth-order valence-corrected chi connectivity index (χ4v) is 3.60. The van der Waals surface area contributed by atoms with Crippen LogP contribution in [-0.4, -0.2) is 90.5 Å². The summed E-state index contributed by atoms with van der Waals surface area (Å²) in [5.74, 6) is -1.01. The number of likely N-dealkylation sites (N-methyl/N-ethyl adjacent to an activating group) is 2. The molecule has 0 bridgehead atoms. The molecule has 0 radical (unpaired) electrons. The van der Waals surface area contributed by atoms with E-state index in [-0.39, 0.29) is 30.8 Å².